The zero-order valence-corrected chi connectivity index (χ0v) is 20.6. The van der Waals surface area contributed by atoms with Crippen LogP contribution in [0, 0.1) is 23.1 Å². The van der Waals surface area contributed by atoms with Crippen LogP contribution in [-0.4, -0.2) is 53.4 Å². The number of benzene rings is 2. The van der Waals surface area contributed by atoms with Gasteiger partial charge >= 0.3 is 0 Å². The number of hydrogen-bond acceptors (Lipinski definition) is 5. The molecule has 0 spiro atoms. The molecule has 2 N–H and O–H groups in total. The van der Waals surface area contributed by atoms with Crippen LogP contribution in [0.1, 0.15) is 42.9 Å². The van der Waals surface area contributed by atoms with E-state index < -0.39 is 6.10 Å². The molecule has 4 rings (SSSR count). The number of ether oxygens (including phenoxy) is 1. The summed E-state index contributed by atoms with van der Waals surface area (Å²) in [6.07, 6.45) is 3.62. The normalized spacial score (nSPS) is 16.5. The second-order valence-corrected chi connectivity index (χ2v) is 9.61. The molecule has 0 aliphatic carbocycles. The summed E-state index contributed by atoms with van der Waals surface area (Å²) in [5, 5.41) is 22.5. The highest BCUT2D eigenvalue weighted by atomic mass is 35.5. The third kappa shape index (κ3) is 6.12. The highest BCUT2D eigenvalue weighted by Gasteiger charge is 2.34. The summed E-state index contributed by atoms with van der Waals surface area (Å²) in [6.45, 7) is 2.35. The number of nitrogens with zero attached hydrogens (tertiary/aromatic N) is 2. The number of hydrogen-bond donors (Lipinski definition) is 2. The Hall–Kier alpha value is -2.69. The molecule has 1 aliphatic rings. The average Bonchev–Trinajstić information content (AvgIpc) is 2.89. The van der Waals surface area contributed by atoms with Crippen LogP contribution < -0.4 is 4.74 Å². The summed E-state index contributed by atoms with van der Waals surface area (Å²) in [5.41, 5.74) is 1.95. The average molecular weight is 497 g/mol. The molecule has 3 aromatic rings. The zero-order chi connectivity index (χ0) is 24.8. The standard InChI is InChI=1S/C28H30ClFN2O3/c1-35-22-8-9-25-23(17-22)27(24(29)18-31-25)26(34)10-11-28(19-33)12-15-32(16-13-28)14-2-3-20-4-6-21(30)7-5-20/h4-9,17-18,26,33-34H,10-16,19H2,1H3/t26-/m1/s1. The lowest BCUT2D eigenvalue weighted by atomic mass is 9.74. The lowest BCUT2D eigenvalue weighted by Gasteiger charge is -2.40. The summed E-state index contributed by atoms with van der Waals surface area (Å²) in [6, 6.07) is 11.7. The molecular weight excluding hydrogens is 467 g/mol. The third-order valence-corrected chi connectivity index (χ3v) is 7.28. The summed E-state index contributed by atoms with van der Waals surface area (Å²) < 4.78 is 18.4. The van der Waals surface area contributed by atoms with Crippen molar-refractivity contribution in [1.29, 1.82) is 0 Å². The first kappa shape index (κ1) is 25.4. The van der Waals surface area contributed by atoms with Gasteiger partial charge in [-0.2, -0.15) is 0 Å². The maximum atomic E-state index is 13.0. The van der Waals surface area contributed by atoms with E-state index in [0.717, 1.165) is 42.4 Å². The van der Waals surface area contributed by atoms with Crippen LogP contribution in [0.4, 0.5) is 4.39 Å². The Labute approximate surface area is 210 Å². The van der Waals surface area contributed by atoms with Gasteiger partial charge < -0.3 is 14.9 Å². The smallest absolute Gasteiger partial charge is 0.123 e. The first-order valence-corrected chi connectivity index (χ1v) is 12.2. The van der Waals surface area contributed by atoms with E-state index in [2.05, 4.69) is 21.7 Å². The zero-order valence-electron chi connectivity index (χ0n) is 19.8. The molecule has 2 aromatic carbocycles. The van der Waals surface area contributed by atoms with Crippen LogP contribution >= 0.6 is 11.6 Å². The fourth-order valence-electron chi connectivity index (χ4n) is 4.68. The molecule has 2 heterocycles. The third-order valence-electron chi connectivity index (χ3n) is 6.98. The molecule has 1 atom stereocenters. The Balaban J connectivity index is 1.37. The van der Waals surface area contributed by atoms with Crippen molar-refractivity contribution in [3.8, 4) is 17.6 Å². The molecular formula is C28H30ClFN2O3. The van der Waals surface area contributed by atoms with Gasteiger partial charge in [0, 0.05) is 29.3 Å². The lowest BCUT2D eigenvalue weighted by molar-refractivity contribution is 0.0273. The highest BCUT2D eigenvalue weighted by molar-refractivity contribution is 6.32. The van der Waals surface area contributed by atoms with Crippen molar-refractivity contribution in [3.05, 3.63) is 70.6 Å². The number of likely N-dealkylation sites (tertiary alicyclic amines) is 1. The number of aliphatic hydroxyl groups is 2. The highest BCUT2D eigenvalue weighted by Crippen LogP contribution is 2.40. The van der Waals surface area contributed by atoms with Crippen LogP contribution in [0.25, 0.3) is 10.9 Å². The van der Waals surface area contributed by atoms with E-state index in [1.165, 1.54) is 12.1 Å². The quantitative estimate of drug-likeness (QED) is 0.452. The molecule has 0 amide bonds. The van der Waals surface area contributed by atoms with Crippen LogP contribution in [0.2, 0.25) is 5.02 Å². The SMILES string of the molecule is COc1ccc2ncc(Cl)c([C@H](O)CCC3(CO)CCN(CC#Cc4ccc(F)cc4)CC3)c2c1. The summed E-state index contributed by atoms with van der Waals surface area (Å²) in [7, 11) is 1.60. The first-order chi connectivity index (χ1) is 16.9. The van der Waals surface area contributed by atoms with Crippen molar-refractivity contribution < 1.29 is 19.3 Å². The monoisotopic (exact) mass is 496 g/mol. The van der Waals surface area contributed by atoms with Gasteiger partial charge in [0.15, 0.2) is 0 Å². The van der Waals surface area contributed by atoms with Gasteiger partial charge in [-0.05, 0) is 86.7 Å². The second-order valence-electron chi connectivity index (χ2n) is 9.20. The van der Waals surface area contributed by atoms with E-state index in [4.69, 9.17) is 16.3 Å². The van der Waals surface area contributed by atoms with Crippen LogP contribution in [0.3, 0.4) is 0 Å². The predicted molar refractivity (Wildman–Crippen MR) is 136 cm³/mol. The maximum Gasteiger partial charge on any atom is 0.123 e. The number of rotatable bonds is 7. The van der Waals surface area contributed by atoms with Gasteiger partial charge in [-0.1, -0.05) is 23.4 Å². The first-order valence-electron chi connectivity index (χ1n) is 11.8. The number of pyridine rings is 1. The molecule has 5 nitrogen and oxygen atoms in total. The molecule has 35 heavy (non-hydrogen) atoms. The van der Waals surface area contributed by atoms with E-state index >= 15 is 0 Å². The van der Waals surface area contributed by atoms with Crippen LogP contribution in [0.15, 0.2) is 48.7 Å². The van der Waals surface area contributed by atoms with Crippen molar-refractivity contribution in [3.63, 3.8) is 0 Å². The van der Waals surface area contributed by atoms with Gasteiger partial charge in [0.1, 0.15) is 11.6 Å². The van der Waals surface area contributed by atoms with Gasteiger partial charge in [-0.3, -0.25) is 9.88 Å². The summed E-state index contributed by atoms with van der Waals surface area (Å²) in [5.74, 6) is 6.64. The number of aromatic nitrogens is 1. The second kappa shape index (κ2) is 11.4. The molecule has 7 heteroatoms. The van der Waals surface area contributed by atoms with Crippen LogP contribution in [0.5, 0.6) is 5.75 Å². The molecule has 0 bridgehead atoms. The van der Waals surface area contributed by atoms with Gasteiger partial charge in [0.25, 0.3) is 0 Å². The molecule has 0 unspecified atom stereocenters. The Kier molecular flexibility index (Phi) is 8.25. The molecule has 184 valence electrons. The van der Waals surface area contributed by atoms with Gasteiger partial charge in [-0.25, -0.2) is 4.39 Å². The number of aliphatic hydroxyl groups excluding tert-OH is 2. The predicted octanol–water partition coefficient (Wildman–Crippen LogP) is 4.98. The molecule has 0 radical (unpaired) electrons. The molecule has 1 saturated heterocycles. The van der Waals surface area contributed by atoms with Gasteiger partial charge in [0.05, 0.1) is 30.3 Å². The molecule has 1 fully saturated rings. The van der Waals surface area contributed by atoms with E-state index in [1.54, 1.807) is 25.4 Å². The van der Waals surface area contributed by atoms with E-state index in [9.17, 15) is 14.6 Å². The minimum atomic E-state index is -0.775. The number of methoxy groups -OCH3 is 1. The molecule has 1 aliphatic heterocycles. The fourth-order valence-corrected chi connectivity index (χ4v) is 4.96. The Bertz CT molecular complexity index is 1210. The minimum absolute atomic E-state index is 0.0769. The minimum Gasteiger partial charge on any atom is -0.497 e. The summed E-state index contributed by atoms with van der Waals surface area (Å²) in [4.78, 5) is 6.63. The number of fused-ring (bicyclic) bond motifs is 1. The maximum absolute atomic E-state index is 13.0. The van der Waals surface area contributed by atoms with Crippen LogP contribution in [-0.2, 0) is 0 Å². The Morgan fingerprint density at radius 2 is 1.94 bits per heavy atom. The van der Waals surface area contributed by atoms with Gasteiger partial charge in [0.2, 0.25) is 0 Å². The van der Waals surface area contributed by atoms with E-state index in [1.807, 2.05) is 18.2 Å². The van der Waals surface area contributed by atoms with Crippen molar-refractivity contribution >= 4 is 22.5 Å². The molecule has 1 aromatic heterocycles. The number of halogens is 2. The van der Waals surface area contributed by atoms with Crippen molar-refractivity contribution in [2.45, 2.75) is 31.8 Å². The number of piperidine rings is 1. The Morgan fingerprint density at radius 1 is 1.20 bits per heavy atom. The van der Waals surface area contributed by atoms with E-state index in [0.29, 0.717) is 35.7 Å². The van der Waals surface area contributed by atoms with Crippen molar-refractivity contribution in [1.82, 2.24) is 9.88 Å². The fraction of sp³-hybridized carbons (Fsp3) is 0.393. The van der Waals surface area contributed by atoms with Gasteiger partial charge in [-0.15, -0.1) is 0 Å². The Morgan fingerprint density at radius 3 is 2.63 bits per heavy atom. The topological polar surface area (TPSA) is 65.8 Å². The van der Waals surface area contributed by atoms with Crippen molar-refractivity contribution in [2.75, 3.05) is 33.4 Å². The lowest BCUT2D eigenvalue weighted by Crippen LogP contribution is -2.42. The molecule has 0 saturated carbocycles. The summed E-state index contributed by atoms with van der Waals surface area (Å²) >= 11 is 6.45. The van der Waals surface area contributed by atoms with Crippen molar-refractivity contribution in [2.24, 2.45) is 5.41 Å². The largest absolute Gasteiger partial charge is 0.497 e. The van der Waals surface area contributed by atoms with E-state index in [-0.39, 0.29) is 17.8 Å².